The molecule has 0 atom stereocenters. The summed E-state index contributed by atoms with van der Waals surface area (Å²) in [5.74, 6) is 1.00. The van der Waals surface area contributed by atoms with E-state index < -0.39 is 10.2 Å². The molecule has 30 heavy (non-hydrogen) atoms. The van der Waals surface area contributed by atoms with E-state index in [1.165, 1.54) is 8.61 Å². The lowest BCUT2D eigenvalue weighted by Gasteiger charge is -2.34. The van der Waals surface area contributed by atoms with Gasteiger partial charge in [-0.05, 0) is 55.3 Å². The van der Waals surface area contributed by atoms with Crippen molar-refractivity contribution in [2.24, 2.45) is 0 Å². The Morgan fingerprint density at radius 3 is 2.50 bits per heavy atom. The van der Waals surface area contributed by atoms with E-state index in [9.17, 15) is 13.2 Å². The third-order valence-corrected chi connectivity index (χ3v) is 6.66. The highest BCUT2D eigenvalue weighted by molar-refractivity contribution is 7.86. The molecule has 1 saturated heterocycles. The number of anilines is 1. The fourth-order valence-corrected chi connectivity index (χ4v) is 4.91. The van der Waals surface area contributed by atoms with Crippen molar-refractivity contribution in [3.8, 4) is 11.5 Å². The van der Waals surface area contributed by atoms with Gasteiger partial charge in [-0.15, -0.1) is 0 Å². The van der Waals surface area contributed by atoms with Gasteiger partial charge in [-0.25, -0.2) is 0 Å². The number of ether oxygens (including phenoxy) is 2. The highest BCUT2D eigenvalue weighted by Gasteiger charge is 2.34. The summed E-state index contributed by atoms with van der Waals surface area (Å²) < 4.78 is 39.2. The number of carbonyl (C=O) groups excluding carboxylic acids is 1. The lowest BCUT2D eigenvalue weighted by Crippen LogP contribution is -2.51. The van der Waals surface area contributed by atoms with Crippen molar-refractivity contribution < 1.29 is 22.7 Å². The van der Waals surface area contributed by atoms with Gasteiger partial charge >= 0.3 is 0 Å². The van der Waals surface area contributed by atoms with Gasteiger partial charge in [0, 0.05) is 25.3 Å². The Hall–Kier alpha value is -2.62. The number of rotatable bonds is 8. The molecule has 1 fully saturated rings. The maximum Gasteiger partial charge on any atom is 0.282 e. The molecule has 0 saturated carbocycles. The summed E-state index contributed by atoms with van der Waals surface area (Å²) in [6, 6.07) is 14.3. The molecule has 9 heteroatoms. The Morgan fingerprint density at radius 1 is 1.07 bits per heavy atom. The molecule has 3 rings (SSSR count). The van der Waals surface area contributed by atoms with Crippen LogP contribution in [0.4, 0.5) is 5.69 Å². The van der Waals surface area contributed by atoms with Crippen LogP contribution in [0, 0.1) is 0 Å². The van der Waals surface area contributed by atoms with Crippen molar-refractivity contribution in [1.82, 2.24) is 8.61 Å². The second-order valence-electron chi connectivity index (χ2n) is 6.89. The standard InChI is InChI=1S/C21H27N3O5S/c1-3-29-19-10-8-18(9-11-19)22-21(25)16-24-13-5-12-23(30(24,26)27)15-17-6-4-7-20(14-17)28-2/h4,6-11,14H,3,5,12-13,15-16H2,1-2H3,(H,22,25). The first kappa shape index (κ1) is 22.1. The number of nitrogens with zero attached hydrogens (tertiary/aromatic N) is 2. The summed E-state index contributed by atoms with van der Waals surface area (Å²) in [6.07, 6.45) is 0.652. The van der Waals surface area contributed by atoms with E-state index in [0.717, 1.165) is 5.56 Å². The fourth-order valence-electron chi connectivity index (χ4n) is 3.27. The molecule has 1 N–H and O–H groups in total. The zero-order valence-corrected chi connectivity index (χ0v) is 18.0. The molecule has 1 aliphatic rings. The van der Waals surface area contributed by atoms with Crippen LogP contribution in [0.1, 0.15) is 18.9 Å². The van der Waals surface area contributed by atoms with Gasteiger partial charge in [0.05, 0.1) is 20.3 Å². The molecule has 8 nitrogen and oxygen atoms in total. The van der Waals surface area contributed by atoms with Crippen LogP contribution in [0.3, 0.4) is 0 Å². The Balaban J connectivity index is 1.63. The number of methoxy groups -OCH3 is 1. The third-order valence-electron chi connectivity index (χ3n) is 4.73. The number of nitrogens with one attached hydrogen (secondary N) is 1. The van der Waals surface area contributed by atoms with Crippen molar-refractivity contribution in [3.63, 3.8) is 0 Å². The molecule has 0 radical (unpaired) electrons. The monoisotopic (exact) mass is 433 g/mol. The van der Waals surface area contributed by atoms with E-state index >= 15 is 0 Å². The van der Waals surface area contributed by atoms with E-state index in [1.54, 1.807) is 31.4 Å². The molecule has 0 aromatic heterocycles. The van der Waals surface area contributed by atoms with Gasteiger partial charge in [-0.3, -0.25) is 4.79 Å². The third kappa shape index (κ3) is 5.50. The second-order valence-corrected chi connectivity index (χ2v) is 8.81. The van der Waals surface area contributed by atoms with Crippen molar-refractivity contribution >= 4 is 21.8 Å². The molecule has 0 spiro atoms. The van der Waals surface area contributed by atoms with Gasteiger partial charge in [-0.2, -0.15) is 17.0 Å². The lowest BCUT2D eigenvalue weighted by molar-refractivity contribution is -0.116. The van der Waals surface area contributed by atoms with E-state index in [1.807, 2.05) is 31.2 Å². The largest absolute Gasteiger partial charge is 0.497 e. The van der Waals surface area contributed by atoms with Crippen LogP contribution in [0.2, 0.25) is 0 Å². The van der Waals surface area contributed by atoms with Gasteiger partial charge in [0.2, 0.25) is 5.91 Å². The number of hydrogen-bond acceptors (Lipinski definition) is 5. The van der Waals surface area contributed by atoms with Crippen molar-refractivity contribution in [2.45, 2.75) is 19.9 Å². The van der Waals surface area contributed by atoms with E-state index in [0.29, 0.717) is 43.3 Å². The highest BCUT2D eigenvalue weighted by Crippen LogP contribution is 2.22. The Morgan fingerprint density at radius 2 is 1.80 bits per heavy atom. The quantitative estimate of drug-likeness (QED) is 0.691. The Bertz CT molecular complexity index is 963. The summed E-state index contributed by atoms with van der Waals surface area (Å²) in [7, 11) is -2.17. The van der Waals surface area contributed by atoms with Crippen LogP contribution in [-0.2, 0) is 21.5 Å². The van der Waals surface area contributed by atoms with Crippen molar-refractivity contribution in [2.75, 3.05) is 38.7 Å². The maximum absolute atomic E-state index is 13.0. The van der Waals surface area contributed by atoms with Gasteiger partial charge in [-0.1, -0.05) is 12.1 Å². The average Bonchev–Trinajstić information content (AvgIpc) is 2.73. The van der Waals surface area contributed by atoms with Crippen LogP contribution in [-0.4, -0.2) is 56.3 Å². The molecule has 162 valence electrons. The minimum absolute atomic E-state index is 0.232. The van der Waals surface area contributed by atoms with Crippen molar-refractivity contribution in [1.29, 1.82) is 0 Å². The number of amides is 1. The van der Waals surface area contributed by atoms with Gasteiger partial charge < -0.3 is 14.8 Å². The molecular formula is C21H27N3O5S. The van der Waals surface area contributed by atoms with Gasteiger partial charge in [0.15, 0.2) is 0 Å². The normalized spacial score (nSPS) is 16.7. The van der Waals surface area contributed by atoms with E-state index in [4.69, 9.17) is 9.47 Å². The molecule has 0 bridgehead atoms. The van der Waals surface area contributed by atoms with Crippen molar-refractivity contribution in [3.05, 3.63) is 54.1 Å². The summed E-state index contributed by atoms with van der Waals surface area (Å²) in [5.41, 5.74) is 1.42. The first-order valence-electron chi connectivity index (χ1n) is 9.83. The molecule has 1 amide bonds. The number of hydrogen-bond donors (Lipinski definition) is 1. The SMILES string of the molecule is CCOc1ccc(NC(=O)CN2CCCN(Cc3cccc(OC)c3)S2(=O)=O)cc1. The predicted molar refractivity (Wildman–Crippen MR) is 115 cm³/mol. The smallest absolute Gasteiger partial charge is 0.282 e. The van der Waals surface area contributed by atoms with Crippen LogP contribution in [0.25, 0.3) is 0 Å². The summed E-state index contributed by atoms with van der Waals surface area (Å²) in [6.45, 7) is 3.18. The summed E-state index contributed by atoms with van der Waals surface area (Å²) in [5, 5.41) is 2.74. The molecule has 0 unspecified atom stereocenters. The van der Waals surface area contributed by atoms with Crippen LogP contribution < -0.4 is 14.8 Å². The fraction of sp³-hybridized carbons (Fsp3) is 0.381. The topological polar surface area (TPSA) is 88.2 Å². The first-order chi connectivity index (χ1) is 14.4. The summed E-state index contributed by atoms with van der Waals surface area (Å²) in [4.78, 5) is 12.4. The maximum atomic E-state index is 13.0. The Kier molecular flexibility index (Phi) is 7.30. The molecule has 1 aliphatic heterocycles. The Labute approximate surface area is 177 Å². The molecule has 1 heterocycles. The van der Waals surface area contributed by atoms with Crippen LogP contribution in [0.15, 0.2) is 48.5 Å². The highest BCUT2D eigenvalue weighted by atomic mass is 32.2. The zero-order chi connectivity index (χ0) is 21.6. The minimum atomic E-state index is -3.74. The second kappa shape index (κ2) is 9.92. The molecular weight excluding hydrogens is 406 g/mol. The minimum Gasteiger partial charge on any atom is -0.497 e. The van der Waals surface area contributed by atoms with Gasteiger partial charge in [0.1, 0.15) is 11.5 Å². The van der Waals surface area contributed by atoms with Crippen LogP contribution in [0.5, 0.6) is 11.5 Å². The van der Waals surface area contributed by atoms with Gasteiger partial charge in [0.25, 0.3) is 10.2 Å². The van der Waals surface area contributed by atoms with Crippen LogP contribution >= 0.6 is 0 Å². The predicted octanol–water partition coefficient (Wildman–Crippen LogP) is 2.49. The molecule has 0 aliphatic carbocycles. The molecule has 2 aromatic carbocycles. The lowest BCUT2D eigenvalue weighted by atomic mass is 10.2. The number of benzene rings is 2. The molecule has 2 aromatic rings. The first-order valence-corrected chi connectivity index (χ1v) is 11.2. The zero-order valence-electron chi connectivity index (χ0n) is 17.2. The van der Waals surface area contributed by atoms with E-state index in [-0.39, 0.29) is 19.0 Å². The average molecular weight is 434 g/mol. The summed E-state index contributed by atoms with van der Waals surface area (Å²) >= 11 is 0. The number of carbonyl (C=O) groups is 1. The van der Waals surface area contributed by atoms with E-state index in [2.05, 4.69) is 5.32 Å².